The highest BCUT2D eigenvalue weighted by molar-refractivity contribution is 5.78. The first kappa shape index (κ1) is 18.0. The lowest BCUT2D eigenvalue weighted by Crippen LogP contribution is -2.40. The van der Waals surface area contributed by atoms with Gasteiger partial charge in [-0.25, -0.2) is 0 Å². The lowest BCUT2D eigenvalue weighted by molar-refractivity contribution is -0.120. The molecule has 0 aliphatic carbocycles. The van der Waals surface area contributed by atoms with Gasteiger partial charge in [0, 0.05) is 19.1 Å². The van der Waals surface area contributed by atoms with Crippen LogP contribution in [0, 0.1) is 13.8 Å². The Bertz CT molecular complexity index is 512. The maximum Gasteiger partial charge on any atom is 0.224 e. The van der Waals surface area contributed by atoms with Gasteiger partial charge >= 0.3 is 0 Å². The number of amides is 1. The van der Waals surface area contributed by atoms with Gasteiger partial charge in [0.15, 0.2) is 0 Å². The SMILES string of the molecule is CCC1CCCCN1CCCNC(=O)Cc1ccc(C)cc1C. The molecule has 1 unspecified atom stereocenters. The highest BCUT2D eigenvalue weighted by Crippen LogP contribution is 2.19. The lowest BCUT2D eigenvalue weighted by Gasteiger charge is -2.35. The van der Waals surface area contributed by atoms with Gasteiger partial charge in [0.1, 0.15) is 0 Å². The summed E-state index contributed by atoms with van der Waals surface area (Å²) in [6.45, 7) is 9.58. The lowest BCUT2D eigenvalue weighted by atomic mass is 10.00. The summed E-state index contributed by atoms with van der Waals surface area (Å²) in [6.07, 6.45) is 6.84. The Kier molecular flexibility index (Phi) is 7.10. The number of nitrogens with zero attached hydrogens (tertiary/aromatic N) is 1. The molecule has 0 radical (unpaired) electrons. The molecule has 1 aliphatic heterocycles. The first-order chi connectivity index (χ1) is 11.1. The standard InChI is InChI=1S/C20H32N2O/c1-4-19-8-5-6-12-22(19)13-7-11-21-20(23)15-18-10-9-16(2)14-17(18)3/h9-10,14,19H,4-8,11-13,15H2,1-3H3,(H,21,23). The Morgan fingerprint density at radius 3 is 2.87 bits per heavy atom. The van der Waals surface area contributed by atoms with Gasteiger partial charge in [0.2, 0.25) is 5.91 Å². The van der Waals surface area contributed by atoms with Crippen LogP contribution in [-0.2, 0) is 11.2 Å². The number of nitrogens with one attached hydrogen (secondary N) is 1. The second-order valence-electron chi connectivity index (χ2n) is 6.90. The van der Waals surface area contributed by atoms with E-state index in [9.17, 15) is 4.79 Å². The monoisotopic (exact) mass is 316 g/mol. The van der Waals surface area contributed by atoms with E-state index in [-0.39, 0.29) is 5.91 Å². The maximum absolute atomic E-state index is 12.1. The van der Waals surface area contributed by atoms with Gasteiger partial charge in [0.05, 0.1) is 6.42 Å². The topological polar surface area (TPSA) is 32.3 Å². The smallest absolute Gasteiger partial charge is 0.224 e. The third-order valence-corrected chi connectivity index (χ3v) is 5.01. The van der Waals surface area contributed by atoms with Crippen molar-refractivity contribution in [3.63, 3.8) is 0 Å². The van der Waals surface area contributed by atoms with Crippen molar-refractivity contribution >= 4 is 5.91 Å². The molecule has 3 nitrogen and oxygen atoms in total. The largest absolute Gasteiger partial charge is 0.356 e. The van der Waals surface area contributed by atoms with E-state index in [1.807, 2.05) is 0 Å². The Morgan fingerprint density at radius 1 is 1.30 bits per heavy atom. The van der Waals surface area contributed by atoms with Crippen LogP contribution >= 0.6 is 0 Å². The summed E-state index contributed by atoms with van der Waals surface area (Å²) in [7, 11) is 0. The number of piperidine rings is 1. The van der Waals surface area contributed by atoms with Gasteiger partial charge in [0.25, 0.3) is 0 Å². The normalized spacial score (nSPS) is 18.8. The Balaban J connectivity index is 1.68. The van der Waals surface area contributed by atoms with Crippen molar-refractivity contribution in [2.45, 2.75) is 65.3 Å². The van der Waals surface area contributed by atoms with Crippen LogP contribution in [0.15, 0.2) is 18.2 Å². The van der Waals surface area contributed by atoms with E-state index in [1.54, 1.807) is 0 Å². The molecule has 1 fully saturated rings. The maximum atomic E-state index is 12.1. The molecule has 0 saturated carbocycles. The fourth-order valence-electron chi connectivity index (χ4n) is 3.61. The van der Waals surface area contributed by atoms with Crippen LogP contribution in [0.25, 0.3) is 0 Å². The molecule has 128 valence electrons. The van der Waals surface area contributed by atoms with Gasteiger partial charge in [-0.1, -0.05) is 37.1 Å². The second-order valence-corrected chi connectivity index (χ2v) is 6.90. The third kappa shape index (κ3) is 5.65. The van der Waals surface area contributed by atoms with Crippen LogP contribution in [0.4, 0.5) is 0 Å². The van der Waals surface area contributed by atoms with Crippen LogP contribution in [0.2, 0.25) is 0 Å². The summed E-state index contributed by atoms with van der Waals surface area (Å²) in [5.41, 5.74) is 3.59. The molecular formula is C20H32N2O. The Morgan fingerprint density at radius 2 is 2.13 bits per heavy atom. The summed E-state index contributed by atoms with van der Waals surface area (Å²) in [5, 5.41) is 3.08. The van der Waals surface area contributed by atoms with E-state index in [4.69, 9.17) is 0 Å². The summed E-state index contributed by atoms with van der Waals surface area (Å²) >= 11 is 0. The second kappa shape index (κ2) is 9.07. The van der Waals surface area contributed by atoms with Crippen LogP contribution < -0.4 is 5.32 Å². The third-order valence-electron chi connectivity index (χ3n) is 5.01. The van der Waals surface area contributed by atoms with E-state index in [2.05, 4.69) is 49.2 Å². The molecule has 3 heteroatoms. The fourth-order valence-corrected chi connectivity index (χ4v) is 3.61. The summed E-state index contributed by atoms with van der Waals surface area (Å²) < 4.78 is 0. The van der Waals surface area contributed by atoms with Crippen LogP contribution in [0.1, 0.15) is 55.7 Å². The molecule has 1 amide bonds. The zero-order chi connectivity index (χ0) is 16.7. The summed E-state index contributed by atoms with van der Waals surface area (Å²) in [6, 6.07) is 7.06. The highest BCUT2D eigenvalue weighted by atomic mass is 16.1. The van der Waals surface area contributed by atoms with Gasteiger partial charge in [-0.05, 0) is 57.2 Å². The molecule has 0 bridgehead atoms. The molecule has 1 aromatic rings. The van der Waals surface area contributed by atoms with Crippen molar-refractivity contribution in [1.82, 2.24) is 10.2 Å². The number of rotatable bonds is 7. The van der Waals surface area contributed by atoms with Crippen molar-refractivity contribution in [2.24, 2.45) is 0 Å². The van der Waals surface area contributed by atoms with Crippen LogP contribution in [0.5, 0.6) is 0 Å². The molecule has 1 saturated heterocycles. The number of hydrogen-bond donors (Lipinski definition) is 1. The Labute approximate surface area is 141 Å². The number of likely N-dealkylation sites (tertiary alicyclic amines) is 1. The molecule has 0 spiro atoms. The van der Waals surface area contributed by atoms with Crippen molar-refractivity contribution in [3.8, 4) is 0 Å². The van der Waals surface area contributed by atoms with Crippen LogP contribution in [-0.4, -0.2) is 36.5 Å². The average molecular weight is 316 g/mol. The quantitative estimate of drug-likeness (QED) is 0.779. The fraction of sp³-hybridized carbons (Fsp3) is 0.650. The zero-order valence-corrected chi connectivity index (χ0v) is 15.0. The van der Waals surface area contributed by atoms with E-state index in [0.29, 0.717) is 6.42 Å². The molecule has 1 atom stereocenters. The summed E-state index contributed by atoms with van der Waals surface area (Å²) in [5.74, 6) is 0.141. The molecule has 1 aliphatic rings. The molecular weight excluding hydrogens is 284 g/mol. The van der Waals surface area contributed by atoms with Gasteiger partial charge in [-0.3, -0.25) is 4.79 Å². The molecule has 0 aromatic heterocycles. The molecule has 1 heterocycles. The van der Waals surface area contributed by atoms with E-state index in [0.717, 1.165) is 31.1 Å². The predicted molar refractivity (Wildman–Crippen MR) is 96.7 cm³/mol. The van der Waals surface area contributed by atoms with E-state index in [1.165, 1.54) is 43.4 Å². The van der Waals surface area contributed by atoms with Crippen molar-refractivity contribution in [1.29, 1.82) is 0 Å². The molecule has 1 aromatic carbocycles. The number of benzene rings is 1. The minimum atomic E-state index is 0.141. The van der Waals surface area contributed by atoms with Gasteiger partial charge in [-0.15, -0.1) is 0 Å². The minimum absolute atomic E-state index is 0.141. The highest BCUT2D eigenvalue weighted by Gasteiger charge is 2.19. The first-order valence-corrected chi connectivity index (χ1v) is 9.17. The van der Waals surface area contributed by atoms with Crippen LogP contribution in [0.3, 0.4) is 0 Å². The van der Waals surface area contributed by atoms with Crippen molar-refractivity contribution in [2.75, 3.05) is 19.6 Å². The number of hydrogen-bond acceptors (Lipinski definition) is 2. The first-order valence-electron chi connectivity index (χ1n) is 9.17. The van der Waals surface area contributed by atoms with E-state index >= 15 is 0 Å². The molecule has 1 N–H and O–H groups in total. The van der Waals surface area contributed by atoms with Gasteiger partial charge in [-0.2, -0.15) is 0 Å². The predicted octanol–water partition coefficient (Wildman–Crippen LogP) is 3.62. The zero-order valence-electron chi connectivity index (χ0n) is 15.0. The molecule has 23 heavy (non-hydrogen) atoms. The van der Waals surface area contributed by atoms with Crippen molar-refractivity contribution in [3.05, 3.63) is 34.9 Å². The van der Waals surface area contributed by atoms with E-state index < -0.39 is 0 Å². The number of carbonyl (C=O) groups excluding carboxylic acids is 1. The number of carbonyl (C=O) groups is 1. The Hall–Kier alpha value is -1.35. The average Bonchev–Trinajstić information content (AvgIpc) is 2.54. The summed E-state index contributed by atoms with van der Waals surface area (Å²) in [4.78, 5) is 14.7. The van der Waals surface area contributed by atoms with Gasteiger partial charge < -0.3 is 10.2 Å². The minimum Gasteiger partial charge on any atom is -0.356 e. The number of aryl methyl sites for hydroxylation is 2. The molecule has 2 rings (SSSR count). The van der Waals surface area contributed by atoms with Crippen molar-refractivity contribution < 1.29 is 4.79 Å².